The van der Waals surface area contributed by atoms with E-state index in [0.717, 1.165) is 5.56 Å². The molecular formula is C22H22O3. The third-order valence-electron chi connectivity index (χ3n) is 4.14. The highest BCUT2D eigenvalue weighted by molar-refractivity contribution is 5.48. The molecule has 3 rings (SSSR count). The summed E-state index contributed by atoms with van der Waals surface area (Å²) in [6.45, 7) is -0.257. The Labute approximate surface area is 148 Å². The van der Waals surface area contributed by atoms with Crippen molar-refractivity contribution in [3.63, 3.8) is 0 Å². The van der Waals surface area contributed by atoms with Crippen molar-refractivity contribution in [1.82, 2.24) is 0 Å². The van der Waals surface area contributed by atoms with Gasteiger partial charge in [0.2, 0.25) is 0 Å². The summed E-state index contributed by atoms with van der Waals surface area (Å²) >= 11 is 0. The minimum atomic E-state index is -0.889. The van der Waals surface area contributed by atoms with E-state index >= 15 is 0 Å². The Bertz CT molecular complexity index is 732. The summed E-state index contributed by atoms with van der Waals surface area (Å²) in [5, 5.41) is 18.6. The third-order valence-corrected chi connectivity index (χ3v) is 4.14. The highest BCUT2D eigenvalue weighted by atomic mass is 16.5. The van der Waals surface area contributed by atoms with E-state index in [1.165, 1.54) is 11.1 Å². The SMILES string of the molecule is OCC(O)COc1ccccc1C(c1ccccc1)c1ccccc1. The molecule has 0 saturated heterocycles. The molecule has 0 heterocycles. The molecule has 2 N–H and O–H groups in total. The lowest BCUT2D eigenvalue weighted by molar-refractivity contribution is 0.0533. The van der Waals surface area contributed by atoms with Gasteiger partial charge in [-0.2, -0.15) is 0 Å². The molecule has 0 aliphatic heterocycles. The Kier molecular flexibility index (Phi) is 5.83. The second kappa shape index (κ2) is 8.47. The third kappa shape index (κ3) is 4.27. The largest absolute Gasteiger partial charge is 0.490 e. The fraction of sp³-hybridized carbons (Fsp3) is 0.182. The molecule has 3 heteroatoms. The van der Waals surface area contributed by atoms with E-state index in [1.54, 1.807) is 0 Å². The summed E-state index contributed by atoms with van der Waals surface area (Å²) in [6.07, 6.45) is -0.889. The van der Waals surface area contributed by atoms with Crippen molar-refractivity contribution in [2.45, 2.75) is 12.0 Å². The van der Waals surface area contributed by atoms with Crippen LogP contribution in [0.25, 0.3) is 0 Å². The van der Waals surface area contributed by atoms with Crippen molar-refractivity contribution in [3.8, 4) is 5.75 Å². The van der Waals surface area contributed by atoms with E-state index in [2.05, 4.69) is 24.3 Å². The molecule has 3 aromatic rings. The van der Waals surface area contributed by atoms with Crippen LogP contribution in [0.15, 0.2) is 84.9 Å². The zero-order valence-electron chi connectivity index (χ0n) is 14.0. The van der Waals surface area contributed by atoms with Gasteiger partial charge in [0.05, 0.1) is 6.61 Å². The minimum absolute atomic E-state index is 0.0323. The Hall–Kier alpha value is -2.62. The Morgan fingerprint density at radius 3 is 1.80 bits per heavy atom. The summed E-state index contributed by atoms with van der Waals surface area (Å²) in [4.78, 5) is 0. The van der Waals surface area contributed by atoms with Crippen molar-refractivity contribution in [3.05, 3.63) is 102 Å². The van der Waals surface area contributed by atoms with Crippen molar-refractivity contribution in [2.75, 3.05) is 13.2 Å². The van der Waals surface area contributed by atoms with Gasteiger partial charge in [0.25, 0.3) is 0 Å². The molecule has 1 atom stereocenters. The molecule has 0 aromatic heterocycles. The van der Waals surface area contributed by atoms with Gasteiger partial charge >= 0.3 is 0 Å². The first kappa shape index (κ1) is 17.2. The Morgan fingerprint density at radius 1 is 0.720 bits per heavy atom. The van der Waals surface area contributed by atoms with Crippen LogP contribution in [0, 0.1) is 0 Å². The Balaban J connectivity index is 2.02. The number of hydrogen-bond donors (Lipinski definition) is 2. The lowest BCUT2D eigenvalue weighted by Gasteiger charge is -2.22. The molecule has 0 aliphatic rings. The van der Waals surface area contributed by atoms with Gasteiger partial charge in [-0.15, -0.1) is 0 Å². The molecular weight excluding hydrogens is 312 g/mol. The number of rotatable bonds is 7. The normalized spacial score (nSPS) is 12.1. The molecule has 0 saturated carbocycles. The lowest BCUT2D eigenvalue weighted by Crippen LogP contribution is -2.22. The smallest absolute Gasteiger partial charge is 0.123 e. The van der Waals surface area contributed by atoms with Crippen molar-refractivity contribution in [1.29, 1.82) is 0 Å². The maximum absolute atomic E-state index is 9.61. The predicted octanol–water partition coefficient (Wildman–Crippen LogP) is 3.60. The van der Waals surface area contributed by atoms with E-state index in [4.69, 9.17) is 9.84 Å². The summed E-state index contributed by atoms with van der Waals surface area (Å²) in [5.41, 5.74) is 3.38. The van der Waals surface area contributed by atoms with Crippen LogP contribution >= 0.6 is 0 Å². The number of aliphatic hydroxyl groups excluding tert-OH is 2. The molecule has 0 bridgehead atoms. The van der Waals surface area contributed by atoms with Gasteiger partial charge in [-0.1, -0.05) is 78.9 Å². The second-order valence-corrected chi connectivity index (χ2v) is 5.94. The first-order valence-corrected chi connectivity index (χ1v) is 8.40. The monoisotopic (exact) mass is 334 g/mol. The maximum atomic E-state index is 9.61. The summed E-state index contributed by atoms with van der Waals surface area (Å²) in [7, 11) is 0. The van der Waals surface area contributed by atoms with Crippen molar-refractivity contribution < 1.29 is 14.9 Å². The quantitative estimate of drug-likeness (QED) is 0.649. The lowest BCUT2D eigenvalue weighted by atomic mass is 9.85. The number of benzene rings is 3. The number of aliphatic hydroxyl groups is 2. The first-order valence-electron chi connectivity index (χ1n) is 8.40. The van der Waals surface area contributed by atoms with E-state index in [-0.39, 0.29) is 19.1 Å². The van der Waals surface area contributed by atoms with Gasteiger partial charge in [0.15, 0.2) is 0 Å². The second-order valence-electron chi connectivity index (χ2n) is 5.94. The van der Waals surface area contributed by atoms with Crippen LogP contribution in [0.4, 0.5) is 0 Å². The molecule has 128 valence electrons. The Morgan fingerprint density at radius 2 is 1.24 bits per heavy atom. The minimum Gasteiger partial charge on any atom is -0.490 e. The van der Waals surface area contributed by atoms with Crippen LogP contribution in [0.5, 0.6) is 5.75 Å². The highest BCUT2D eigenvalue weighted by Gasteiger charge is 2.20. The topological polar surface area (TPSA) is 49.7 Å². The van der Waals surface area contributed by atoms with Crippen LogP contribution < -0.4 is 4.74 Å². The standard InChI is InChI=1S/C22H22O3/c23-15-19(24)16-25-21-14-8-7-13-20(21)22(17-9-3-1-4-10-17)18-11-5-2-6-12-18/h1-14,19,22-24H,15-16H2. The first-order chi connectivity index (χ1) is 12.3. The van der Waals surface area contributed by atoms with Gasteiger partial charge in [-0.3, -0.25) is 0 Å². The molecule has 0 aliphatic carbocycles. The number of para-hydroxylation sites is 1. The van der Waals surface area contributed by atoms with E-state index in [9.17, 15) is 5.11 Å². The van der Waals surface area contributed by atoms with Gasteiger partial charge in [0.1, 0.15) is 18.5 Å². The molecule has 0 radical (unpaired) electrons. The summed E-state index contributed by atoms with van der Waals surface area (Å²) in [5.74, 6) is 0.748. The number of hydrogen-bond acceptors (Lipinski definition) is 3. The molecule has 3 nitrogen and oxygen atoms in total. The fourth-order valence-corrected chi connectivity index (χ4v) is 2.93. The van der Waals surface area contributed by atoms with Crippen LogP contribution in [0.2, 0.25) is 0 Å². The molecule has 1 unspecified atom stereocenters. The van der Waals surface area contributed by atoms with Gasteiger partial charge in [-0.05, 0) is 17.2 Å². The van der Waals surface area contributed by atoms with Crippen molar-refractivity contribution >= 4 is 0 Å². The fourth-order valence-electron chi connectivity index (χ4n) is 2.93. The molecule has 0 fully saturated rings. The molecule has 0 amide bonds. The van der Waals surface area contributed by atoms with E-state index < -0.39 is 6.10 Å². The average Bonchev–Trinajstić information content (AvgIpc) is 2.69. The van der Waals surface area contributed by atoms with Crippen molar-refractivity contribution in [2.24, 2.45) is 0 Å². The number of ether oxygens (including phenoxy) is 1. The summed E-state index contributed by atoms with van der Waals surface area (Å²) in [6, 6.07) is 28.4. The van der Waals surface area contributed by atoms with Crippen LogP contribution in [-0.2, 0) is 0 Å². The zero-order chi connectivity index (χ0) is 17.5. The zero-order valence-corrected chi connectivity index (χ0v) is 14.0. The van der Waals surface area contributed by atoms with Crippen LogP contribution in [0.1, 0.15) is 22.6 Å². The predicted molar refractivity (Wildman–Crippen MR) is 98.9 cm³/mol. The van der Waals surface area contributed by atoms with Gasteiger partial charge < -0.3 is 14.9 Å². The van der Waals surface area contributed by atoms with Gasteiger partial charge in [0, 0.05) is 11.5 Å². The average molecular weight is 334 g/mol. The molecule has 25 heavy (non-hydrogen) atoms. The highest BCUT2D eigenvalue weighted by Crippen LogP contribution is 2.37. The molecule has 0 spiro atoms. The van der Waals surface area contributed by atoms with Gasteiger partial charge in [-0.25, -0.2) is 0 Å². The van der Waals surface area contributed by atoms with Crippen LogP contribution in [0.3, 0.4) is 0 Å². The summed E-state index contributed by atoms with van der Waals surface area (Å²) < 4.78 is 5.80. The van der Waals surface area contributed by atoms with Crippen LogP contribution in [-0.4, -0.2) is 29.5 Å². The van der Waals surface area contributed by atoms with E-state index in [0.29, 0.717) is 5.75 Å². The maximum Gasteiger partial charge on any atom is 0.123 e. The van der Waals surface area contributed by atoms with E-state index in [1.807, 2.05) is 60.7 Å². The molecule has 3 aromatic carbocycles.